The summed E-state index contributed by atoms with van der Waals surface area (Å²) >= 11 is 0. The van der Waals surface area contributed by atoms with E-state index in [-0.39, 0.29) is 92.5 Å². The van der Waals surface area contributed by atoms with E-state index in [4.69, 9.17) is 0 Å². The summed E-state index contributed by atoms with van der Waals surface area (Å²) in [6.45, 7) is 17.1. The summed E-state index contributed by atoms with van der Waals surface area (Å²) in [5.41, 5.74) is 0. The van der Waals surface area contributed by atoms with Crippen molar-refractivity contribution >= 4 is 29.5 Å². The lowest BCUT2D eigenvalue weighted by atomic mass is 10.2. The minimum absolute atomic E-state index is 0.194. The van der Waals surface area contributed by atoms with Crippen molar-refractivity contribution in [2.45, 2.75) is 99.4 Å². The summed E-state index contributed by atoms with van der Waals surface area (Å²) < 4.78 is 0. The molecule has 1 heterocycles. The van der Waals surface area contributed by atoms with E-state index in [0.29, 0.717) is 0 Å². The van der Waals surface area contributed by atoms with E-state index in [0.717, 1.165) is 0 Å². The van der Waals surface area contributed by atoms with E-state index in [1.807, 2.05) is 69.2 Å². The van der Waals surface area contributed by atoms with Crippen molar-refractivity contribution in [1.82, 2.24) is 24.5 Å². The summed E-state index contributed by atoms with van der Waals surface area (Å²) in [6, 6.07) is -1.40. The van der Waals surface area contributed by atoms with Crippen molar-refractivity contribution in [1.29, 1.82) is 0 Å². The third kappa shape index (κ3) is 8.21. The fraction of sp³-hybridized carbons (Fsp3) is 0.800. The Morgan fingerprint density at radius 1 is 0.343 bits per heavy atom. The molecule has 5 amide bonds. The van der Waals surface area contributed by atoms with Gasteiger partial charge in [0.2, 0.25) is 29.5 Å². The van der Waals surface area contributed by atoms with Crippen molar-refractivity contribution in [3.63, 3.8) is 0 Å². The molecule has 0 radical (unpaired) electrons. The SMILES string of the molecule is CC(C)N1CC(=O)N(C(C)C)CC(=O)N(C(C)C)CC(=O)N(C(C)C)CC(=O)N(C(C)C)CC1=O. The predicted molar refractivity (Wildman–Crippen MR) is 134 cm³/mol. The molecule has 1 rings (SSSR count). The van der Waals surface area contributed by atoms with E-state index in [1.165, 1.54) is 24.5 Å². The molecule has 1 saturated heterocycles. The third-order valence-electron chi connectivity index (χ3n) is 6.25. The van der Waals surface area contributed by atoms with Crippen molar-refractivity contribution in [3.05, 3.63) is 0 Å². The maximum atomic E-state index is 13.3. The molecule has 1 aliphatic rings. The van der Waals surface area contributed by atoms with Gasteiger partial charge in [-0.1, -0.05) is 0 Å². The van der Waals surface area contributed by atoms with Crippen LogP contribution in [0.4, 0.5) is 0 Å². The Bertz CT molecular complexity index is 642. The Kier molecular flexibility index (Phi) is 11.2. The zero-order valence-corrected chi connectivity index (χ0v) is 23.2. The highest BCUT2D eigenvalue weighted by molar-refractivity contribution is 5.93. The van der Waals surface area contributed by atoms with E-state index in [2.05, 4.69) is 0 Å². The topological polar surface area (TPSA) is 102 Å². The maximum Gasteiger partial charge on any atom is 0.242 e. The van der Waals surface area contributed by atoms with Crippen molar-refractivity contribution in [2.24, 2.45) is 0 Å². The molecule has 200 valence electrons. The van der Waals surface area contributed by atoms with Gasteiger partial charge in [-0.3, -0.25) is 24.0 Å². The smallest absolute Gasteiger partial charge is 0.242 e. The Morgan fingerprint density at radius 3 is 0.543 bits per heavy atom. The summed E-state index contributed by atoms with van der Waals surface area (Å²) in [7, 11) is 0. The van der Waals surface area contributed by atoms with Crippen molar-refractivity contribution in [2.75, 3.05) is 32.7 Å². The summed E-state index contributed by atoms with van der Waals surface area (Å²) in [5, 5.41) is 0. The molecule has 0 atom stereocenters. The number of hydrogen-bond donors (Lipinski definition) is 0. The lowest BCUT2D eigenvalue weighted by Gasteiger charge is -2.34. The zero-order chi connectivity index (χ0) is 27.2. The zero-order valence-electron chi connectivity index (χ0n) is 23.2. The molecule has 0 bridgehead atoms. The highest BCUT2D eigenvalue weighted by Gasteiger charge is 2.33. The van der Waals surface area contributed by atoms with Crippen LogP contribution in [0.2, 0.25) is 0 Å². The largest absolute Gasteiger partial charge is 0.329 e. The first-order chi connectivity index (χ1) is 16.1. The first-order valence-electron chi connectivity index (χ1n) is 12.6. The molecule has 0 N–H and O–H groups in total. The molecule has 0 saturated carbocycles. The van der Waals surface area contributed by atoms with Crippen LogP contribution in [-0.2, 0) is 24.0 Å². The van der Waals surface area contributed by atoms with Gasteiger partial charge in [-0.15, -0.1) is 0 Å². The van der Waals surface area contributed by atoms with E-state index >= 15 is 0 Å². The van der Waals surface area contributed by atoms with Crippen LogP contribution >= 0.6 is 0 Å². The van der Waals surface area contributed by atoms with Crippen LogP contribution in [0.3, 0.4) is 0 Å². The van der Waals surface area contributed by atoms with Crippen molar-refractivity contribution in [3.8, 4) is 0 Å². The van der Waals surface area contributed by atoms with Gasteiger partial charge in [-0.25, -0.2) is 0 Å². The first-order valence-corrected chi connectivity index (χ1v) is 12.6. The Labute approximate surface area is 210 Å². The molecule has 10 nitrogen and oxygen atoms in total. The minimum Gasteiger partial charge on any atom is -0.329 e. The molecule has 35 heavy (non-hydrogen) atoms. The first kappa shape index (κ1) is 30.4. The predicted octanol–water partition coefficient (Wildman–Crippen LogP) is 1.19. The molecule has 0 aliphatic carbocycles. The average molecular weight is 496 g/mol. The Morgan fingerprint density at radius 2 is 0.457 bits per heavy atom. The van der Waals surface area contributed by atoms with Gasteiger partial charge in [-0.2, -0.15) is 0 Å². The Balaban J connectivity index is 3.57. The van der Waals surface area contributed by atoms with Crippen molar-refractivity contribution < 1.29 is 24.0 Å². The van der Waals surface area contributed by atoms with Gasteiger partial charge in [0, 0.05) is 30.2 Å². The monoisotopic (exact) mass is 495 g/mol. The van der Waals surface area contributed by atoms with Crippen LogP contribution in [0.1, 0.15) is 69.2 Å². The number of hydrogen-bond acceptors (Lipinski definition) is 5. The van der Waals surface area contributed by atoms with E-state index < -0.39 is 0 Å². The van der Waals surface area contributed by atoms with Gasteiger partial charge in [0.25, 0.3) is 0 Å². The second kappa shape index (κ2) is 12.9. The number of nitrogens with zero attached hydrogens (tertiary/aromatic N) is 5. The fourth-order valence-corrected chi connectivity index (χ4v) is 3.98. The molecule has 10 heteroatoms. The van der Waals surface area contributed by atoms with Gasteiger partial charge in [0.05, 0.1) is 0 Å². The molecule has 0 aromatic carbocycles. The second-order valence-electron chi connectivity index (χ2n) is 10.6. The third-order valence-corrected chi connectivity index (χ3v) is 6.25. The number of rotatable bonds is 5. The number of carbonyl (C=O) groups excluding carboxylic acids is 5. The molecule has 0 aromatic heterocycles. The Hall–Kier alpha value is -2.65. The van der Waals surface area contributed by atoms with Gasteiger partial charge in [0.1, 0.15) is 32.7 Å². The molecule has 0 aromatic rings. The molecular weight excluding hydrogens is 450 g/mol. The molecule has 0 spiro atoms. The fourth-order valence-electron chi connectivity index (χ4n) is 3.98. The lowest BCUT2D eigenvalue weighted by molar-refractivity contribution is -0.148. The van der Waals surface area contributed by atoms with Crippen LogP contribution in [-0.4, -0.2) is 117 Å². The van der Waals surface area contributed by atoms with Crippen LogP contribution < -0.4 is 0 Å². The summed E-state index contributed by atoms with van der Waals surface area (Å²) in [4.78, 5) is 73.5. The van der Waals surface area contributed by atoms with Gasteiger partial charge in [0.15, 0.2) is 0 Å². The standard InChI is InChI=1S/C25H45N5O5/c1-16(2)26-11-22(32)28(18(5)6)13-24(34)30(20(9)10)15-25(35)29(19(7)8)14-23(33)27(17(3)4)12-21(26)31/h16-20H,11-15H2,1-10H3. The molecule has 0 unspecified atom stereocenters. The highest BCUT2D eigenvalue weighted by atomic mass is 16.2. The number of carbonyl (C=O) groups is 5. The minimum atomic E-state index is -0.355. The van der Waals surface area contributed by atoms with Gasteiger partial charge in [-0.05, 0) is 69.2 Å². The molecule has 1 aliphatic heterocycles. The summed E-state index contributed by atoms with van der Waals surface area (Å²) in [6.07, 6.45) is 0. The normalized spacial score (nSPS) is 18.7. The van der Waals surface area contributed by atoms with Crippen LogP contribution in [0.5, 0.6) is 0 Å². The van der Waals surface area contributed by atoms with Crippen LogP contribution in [0.25, 0.3) is 0 Å². The van der Waals surface area contributed by atoms with E-state index in [1.54, 1.807) is 0 Å². The summed E-state index contributed by atoms with van der Waals surface area (Å²) in [5.74, 6) is -1.78. The lowest BCUT2D eigenvalue weighted by Crippen LogP contribution is -2.54. The van der Waals surface area contributed by atoms with Gasteiger partial charge >= 0.3 is 0 Å². The highest BCUT2D eigenvalue weighted by Crippen LogP contribution is 2.12. The quantitative estimate of drug-likeness (QED) is 0.570. The molecular formula is C25H45N5O5. The molecule has 1 fully saturated rings. The average Bonchev–Trinajstić information content (AvgIpc) is 2.73. The second-order valence-corrected chi connectivity index (χ2v) is 10.6. The number of amides is 5. The maximum absolute atomic E-state index is 13.3. The van der Waals surface area contributed by atoms with E-state index in [9.17, 15) is 24.0 Å². The van der Waals surface area contributed by atoms with Crippen LogP contribution in [0, 0.1) is 0 Å². The van der Waals surface area contributed by atoms with Gasteiger partial charge < -0.3 is 24.5 Å². The van der Waals surface area contributed by atoms with Crippen LogP contribution in [0.15, 0.2) is 0 Å².